The maximum absolute atomic E-state index is 12.3. The fourth-order valence-corrected chi connectivity index (χ4v) is 1.42. The fourth-order valence-electron chi connectivity index (χ4n) is 0.800. The fraction of sp³-hybridized carbons (Fsp3) is 0. The predicted octanol–water partition coefficient (Wildman–Crippen LogP) is 3.14. The molecule has 0 heterocycles. The molecule has 0 fully saturated rings. The van der Waals surface area contributed by atoms with Crippen molar-refractivity contribution in [1.29, 1.82) is 0 Å². The molecule has 4 nitrogen and oxygen atoms in total. The minimum Gasteiger partial charge on any atom is -0.411 e. The normalized spacial score (nSPS) is 11.0. The summed E-state index contributed by atoms with van der Waals surface area (Å²) in [6.45, 7) is -4.93. The van der Waals surface area contributed by atoms with Gasteiger partial charge in [0, 0.05) is 17.9 Å². The van der Waals surface area contributed by atoms with Gasteiger partial charge in [0.05, 0.1) is 4.92 Å². The number of nitrogens with zero attached hydrogens (tertiary/aromatic N) is 1. The predicted molar refractivity (Wildman–Crippen MR) is 50.2 cm³/mol. The van der Waals surface area contributed by atoms with Crippen molar-refractivity contribution >= 4 is 24.4 Å². The number of benzene rings is 1. The number of halogens is 2. The van der Waals surface area contributed by atoms with E-state index < -0.39 is 23.2 Å². The first-order valence-electron chi connectivity index (χ1n) is 3.32. The van der Waals surface area contributed by atoms with Crippen LogP contribution in [0.25, 0.3) is 0 Å². The second-order valence-corrected chi connectivity index (χ2v) is 4.52. The van der Waals surface area contributed by atoms with E-state index in [1.165, 1.54) is 12.1 Å². The van der Waals surface area contributed by atoms with E-state index in [2.05, 4.69) is 16.3 Å². The molecule has 1 aromatic carbocycles. The summed E-state index contributed by atoms with van der Waals surface area (Å²) in [5, 5.41) is 10.4. The third-order valence-electron chi connectivity index (χ3n) is 1.27. The van der Waals surface area contributed by atoms with Gasteiger partial charge in [0.25, 0.3) is 0 Å². The first kappa shape index (κ1) is 11.0. The summed E-state index contributed by atoms with van der Waals surface area (Å²) < 4.78 is 28.7. The second kappa shape index (κ2) is 3.98. The highest BCUT2D eigenvalue weighted by atomic mass is 32.5. The zero-order valence-corrected chi connectivity index (χ0v) is 8.30. The van der Waals surface area contributed by atoms with Crippen LogP contribution in [0.15, 0.2) is 24.3 Å². The van der Waals surface area contributed by atoms with E-state index in [-0.39, 0.29) is 0 Å². The molecule has 0 aliphatic carbocycles. The standard InChI is InChI=1S/C6H4F2NO3PS/c7-13(8,14)12-6-4-2-1-3-5(6)9(10)11/h1-4H. The van der Waals surface area contributed by atoms with Crippen LogP contribution in [0, 0.1) is 10.1 Å². The van der Waals surface area contributed by atoms with E-state index in [0.29, 0.717) is 0 Å². The highest BCUT2D eigenvalue weighted by molar-refractivity contribution is 8.07. The number of rotatable bonds is 3. The topological polar surface area (TPSA) is 52.4 Å². The highest BCUT2D eigenvalue weighted by Crippen LogP contribution is 2.52. The first-order chi connectivity index (χ1) is 6.40. The molecule has 0 aromatic heterocycles. The number of nitro benzene ring substituents is 1. The van der Waals surface area contributed by atoms with Crippen molar-refractivity contribution in [3.63, 3.8) is 0 Å². The van der Waals surface area contributed by atoms with Crippen molar-refractivity contribution in [1.82, 2.24) is 0 Å². The van der Waals surface area contributed by atoms with Gasteiger partial charge in [-0.1, -0.05) is 12.1 Å². The van der Waals surface area contributed by atoms with Crippen LogP contribution in [0.4, 0.5) is 14.1 Å². The van der Waals surface area contributed by atoms with Gasteiger partial charge in [-0.25, -0.2) is 0 Å². The van der Waals surface area contributed by atoms with Crippen molar-refractivity contribution in [2.75, 3.05) is 0 Å². The number of hydrogen-bond donors (Lipinski definition) is 0. The molecule has 0 bridgehead atoms. The highest BCUT2D eigenvalue weighted by Gasteiger charge is 2.22. The summed E-state index contributed by atoms with van der Waals surface area (Å²) in [7, 11) is 0. The molecular weight excluding hydrogens is 235 g/mol. The van der Waals surface area contributed by atoms with Crippen LogP contribution < -0.4 is 4.52 Å². The molecule has 0 radical (unpaired) electrons. The second-order valence-electron chi connectivity index (χ2n) is 2.23. The zero-order chi connectivity index (χ0) is 10.8. The molecule has 0 saturated heterocycles. The third kappa shape index (κ3) is 3.01. The third-order valence-corrected chi connectivity index (χ3v) is 1.90. The van der Waals surface area contributed by atoms with Crippen molar-refractivity contribution in [3.8, 4) is 5.75 Å². The SMILES string of the molecule is O=[N+]([O-])c1ccccc1OP(F)(F)=S. The molecule has 0 N–H and O–H groups in total. The van der Waals surface area contributed by atoms with E-state index in [1.54, 1.807) is 0 Å². The molecule has 0 spiro atoms. The number of nitro groups is 1. The molecule has 76 valence electrons. The minimum atomic E-state index is -4.93. The monoisotopic (exact) mass is 239 g/mol. The Morgan fingerprint density at radius 2 is 2.00 bits per heavy atom. The minimum absolute atomic E-state index is 0.495. The summed E-state index contributed by atoms with van der Waals surface area (Å²) in [5.41, 5.74) is -0.517. The van der Waals surface area contributed by atoms with Gasteiger partial charge >= 0.3 is 12.6 Å². The lowest BCUT2D eigenvalue weighted by Gasteiger charge is -2.05. The van der Waals surface area contributed by atoms with Crippen molar-refractivity contribution in [2.45, 2.75) is 0 Å². The van der Waals surface area contributed by atoms with Crippen molar-refractivity contribution < 1.29 is 17.8 Å². The Labute approximate surface area is 83.0 Å². The largest absolute Gasteiger partial charge is 0.457 e. The maximum Gasteiger partial charge on any atom is 0.457 e. The Balaban J connectivity index is 3.08. The molecule has 8 heteroatoms. The summed E-state index contributed by atoms with van der Waals surface area (Å²) in [4.78, 5) is 9.56. The van der Waals surface area contributed by atoms with Crippen LogP contribution in [0.1, 0.15) is 0 Å². The summed E-state index contributed by atoms with van der Waals surface area (Å²) >= 11 is 3.75. The van der Waals surface area contributed by atoms with Gasteiger partial charge in [0.15, 0.2) is 0 Å². The van der Waals surface area contributed by atoms with E-state index in [0.717, 1.165) is 12.1 Å². The van der Waals surface area contributed by atoms with Crippen LogP contribution in [0.3, 0.4) is 0 Å². The van der Waals surface area contributed by atoms with Gasteiger partial charge < -0.3 is 4.52 Å². The molecule has 0 unspecified atom stereocenters. The van der Waals surface area contributed by atoms with Gasteiger partial charge in [-0.15, -0.1) is 8.39 Å². The van der Waals surface area contributed by atoms with Crippen LogP contribution in [-0.4, -0.2) is 4.92 Å². The lowest BCUT2D eigenvalue weighted by Crippen LogP contribution is -1.92. The lowest BCUT2D eigenvalue weighted by molar-refractivity contribution is -0.385. The molecule has 0 aliphatic heterocycles. The Hall–Kier alpha value is -1.07. The van der Waals surface area contributed by atoms with Crippen molar-refractivity contribution in [2.24, 2.45) is 0 Å². The smallest absolute Gasteiger partial charge is 0.411 e. The Kier molecular flexibility index (Phi) is 3.13. The number of para-hydroxylation sites is 2. The average Bonchev–Trinajstić information content (AvgIpc) is 2.01. The summed E-state index contributed by atoms with van der Waals surface area (Å²) in [6.07, 6.45) is 0. The average molecular weight is 239 g/mol. The molecular formula is C6H4F2NO3PS. The quantitative estimate of drug-likeness (QED) is 0.462. The lowest BCUT2D eigenvalue weighted by atomic mass is 10.3. The first-order valence-corrected chi connectivity index (χ1v) is 5.83. The van der Waals surface area contributed by atoms with E-state index >= 15 is 0 Å². The van der Waals surface area contributed by atoms with Crippen LogP contribution in [-0.2, 0) is 11.8 Å². The molecule has 0 aliphatic rings. The van der Waals surface area contributed by atoms with Crippen molar-refractivity contribution in [3.05, 3.63) is 34.4 Å². The van der Waals surface area contributed by atoms with Gasteiger partial charge in [-0.2, -0.15) is 0 Å². The number of hydrogen-bond acceptors (Lipinski definition) is 4. The zero-order valence-electron chi connectivity index (χ0n) is 6.59. The molecule has 1 rings (SSSR count). The molecule has 0 atom stereocenters. The van der Waals surface area contributed by atoms with Crippen LogP contribution in [0.5, 0.6) is 5.75 Å². The van der Waals surface area contributed by atoms with E-state index in [1.807, 2.05) is 0 Å². The van der Waals surface area contributed by atoms with Gasteiger partial charge in [0.2, 0.25) is 5.75 Å². The van der Waals surface area contributed by atoms with Gasteiger partial charge in [-0.05, 0) is 6.07 Å². The van der Waals surface area contributed by atoms with Crippen LogP contribution in [0.2, 0.25) is 0 Å². The maximum atomic E-state index is 12.3. The Morgan fingerprint density at radius 1 is 1.43 bits per heavy atom. The molecule has 0 saturated carbocycles. The molecule has 14 heavy (non-hydrogen) atoms. The van der Waals surface area contributed by atoms with E-state index in [9.17, 15) is 18.5 Å². The summed E-state index contributed by atoms with van der Waals surface area (Å²) in [6, 6.07) is 4.86. The van der Waals surface area contributed by atoms with Crippen LogP contribution >= 0.6 is 6.89 Å². The summed E-state index contributed by atoms with van der Waals surface area (Å²) in [5.74, 6) is -0.495. The van der Waals surface area contributed by atoms with Gasteiger partial charge in [-0.3, -0.25) is 10.1 Å². The molecule has 0 amide bonds. The van der Waals surface area contributed by atoms with Gasteiger partial charge in [0.1, 0.15) is 0 Å². The Morgan fingerprint density at radius 3 is 2.50 bits per heavy atom. The van der Waals surface area contributed by atoms with E-state index in [4.69, 9.17) is 0 Å². The Bertz CT molecular complexity index is 408. The molecule has 1 aromatic rings.